The molecule has 19 heavy (non-hydrogen) atoms. The Bertz CT molecular complexity index is 597. The van der Waals surface area contributed by atoms with Gasteiger partial charge in [-0.2, -0.15) is 0 Å². The van der Waals surface area contributed by atoms with Crippen LogP contribution in [0.5, 0.6) is 0 Å². The predicted molar refractivity (Wildman–Crippen MR) is 83.4 cm³/mol. The van der Waals surface area contributed by atoms with Gasteiger partial charge in [0.1, 0.15) is 0 Å². The van der Waals surface area contributed by atoms with Gasteiger partial charge in [0.25, 0.3) is 0 Å². The van der Waals surface area contributed by atoms with Crippen molar-refractivity contribution in [3.8, 4) is 0 Å². The molecule has 1 nitrogen and oxygen atoms in total. The van der Waals surface area contributed by atoms with Crippen LogP contribution >= 0.6 is 27.5 Å². The van der Waals surface area contributed by atoms with Crippen LogP contribution in [0.1, 0.15) is 16.7 Å². The van der Waals surface area contributed by atoms with Gasteiger partial charge in [-0.15, -0.1) is 0 Å². The maximum absolute atomic E-state index is 6.29. The third-order valence-corrected chi connectivity index (χ3v) is 4.46. The van der Waals surface area contributed by atoms with Crippen LogP contribution in [-0.2, 0) is 19.5 Å². The Labute approximate surface area is 127 Å². The number of hydrogen-bond donors (Lipinski definition) is 0. The Morgan fingerprint density at radius 3 is 2.68 bits per heavy atom. The van der Waals surface area contributed by atoms with Crippen molar-refractivity contribution in [2.45, 2.75) is 19.5 Å². The van der Waals surface area contributed by atoms with Gasteiger partial charge in [0, 0.05) is 29.1 Å². The van der Waals surface area contributed by atoms with Crippen molar-refractivity contribution in [3.05, 3.63) is 68.7 Å². The maximum Gasteiger partial charge on any atom is 0.0462 e. The van der Waals surface area contributed by atoms with Gasteiger partial charge in [-0.1, -0.05) is 57.9 Å². The molecule has 3 heteroatoms. The second-order valence-corrected chi connectivity index (χ2v) is 6.29. The summed E-state index contributed by atoms with van der Waals surface area (Å²) in [7, 11) is 0. The van der Waals surface area contributed by atoms with Crippen LogP contribution in [-0.4, -0.2) is 11.4 Å². The molecule has 0 fully saturated rings. The molecule has 0 spiro atoms. The summed E-state index contributed by atoms with van der Waals surface area (Å²) in [6, 6.07) is 14.8. The zero-order valence-corrected chi connectivity index (χ0v) is 12.9. The van der Waals surface area contributed by atoms with Crippen molar-refractivity contribution in [2.24, 2.45) is 0 Å². The molecule has 3 rings (SSSR count). The highest BCUT2D eigenvalue weighted by molar-refractivity contribution is 9.10. The molecular formula is C16H15BrClN. The van der Waals surface area contributed by atoms with Gasteiger partial charge < -0.3 is 0 Å². The fraction of sp³-hybridized carbons (Fsp3) is 0.250. The minimum absolute atomic E-state index is 0.841. The first-order valence-corrected chi connectivity index (χ1v) is 7.62. The maximum atomic E-state index is 6.29. The molecule has 0 N–H and O–H groups in total. The molecule has 0 bridgehead atoms. The van der Waals surface area contributed by atoms with E-state index in [9.17, 15) is 0 Å². The highest BCUT2D eigenvalue weighted by Crippen LogP contribution is 2.25. The largest absolute Gasteiger partial charge is 0.294 e. The minimum atomic E-state index is 0.841. The zero-order valence-electron chi connectivity index (χ0n) is 10.6. The van der Waals surface area contributed by atoms with Gasteiger partial charge >= 0.3 is 0 Å². The number of halogens is 2. The van der Waals surface area contributed by atoms with Crippen molar-refractivity contribution >= 4 is 27.5 Å². The number of rotatable bonds is 2. The summed E-state index contributed by atoms with van der Waals surface area (Å²) >= 11 is 9.74. The van der Waals surface area contributed by atoms with E-state index in [1.807, 2.05) is 6.07 Å². The van der Waals surface area contributed by atoms with E-state index in [2.05, 4.69) is 57.2 Å². The Morgan fingerprint density at radius 1 is 1.11 bits per heavy atom. The van der Waals surface area contributed by atoms with E-state index in [-0.39, 0.29) is 0 Å². The van der Waals surface area contributed by atoms with E-state index in [4.69, 9.17) is 11.6 Å². The Morgan fingerprint density at radius 2 is 1.89 bits per heavy atom. The van der Waals surface area contributed by atoms with E-state index < -0.39 is 0 Å². The van der Waals surface area contributed by atoms with Crippen LogP contribution in [0.2, 0.25) is 5.02 Å². The molecule has 0 aromatic heterocycles. The summed E-state index contributed by atoms with van der Waals surface area (Å²) in [5.74, 6) is 0. The molecule has 0 radical (unpaired) electrons. The van der Waals surface area contributed by atoms with Crippen molar-refractivity contribution in [2.75, 3.05) is 6.54 Å². The standard InChI is InChI=1S/C16H15BrClN/c17-15-6-5-14(16(18)9-15)11-19-8-7-12-3-1-2-4-13(12)10-19/h1-6,9H,7-8,10-11H2. The summed E-state index contributed by atoms with van der Waals surface area (Å²) in [5, 5.41) is 0.841. The first-order chi connectivity index (χ1) is 9.22. The van der Waals surface area contributed by atoms with Crippen molar-refractivity contribution in [1.82, 2.24) is 4.90 Å². The van der Waals surface area contributed by atoms with Gasteiger partial charge in [-0.05, 0) is 35.2 Å². The van der Waals surface area contributed by atoms with E-state index in [0.717, 1.165) is 35.6 Å². The lowest BCUT2D eigenvalue weighted by Crippen LogP contribution is -2.30. The van der Waals surface area contributed by atoms with Crippen LogP contribution in [0.25, 0.3) is 0 Å². The molecule has 2 aromatic rings. The van der Waals surface area contributed by atoms with Crippen molar-refractivity contribution in [1.29, 1.82) is 0 Å². The first kappa shape index (κ1) is 13.2. The van der Waals surface area contributed by atoms with Crippen LogP contribution in [0.4, 0.5) is 0 Å². The average molecular weight is 337 g/mol. The summed E-state index contributed by atoms with van der Waals surface area (Å²) in [5.41, 5.74) is 4.13. The van der Waals surface area contributed by atoms with Gasteiger partial charge in [0.05, 0.1) is 0 Å². The van der Waals surface area contributed by atoms with Crippen molar-refractivity contribution in [3.63, 3.8) is 0 Å². The highest BCUT2D eigenvalue weighted by Gasteiger charge is 2.16. The normalized spacial score (nSPS) is 15.3. The molecule has 0 atom stereocenters. The zero-order chi connectivity index (χ0) is 13.2. The Balaban J connectivity index is 1.75. The quantitative estimate of drug-likeness (QED) is 0.771. The molecule has 0 aliphatic carbocycles. The molecule has 0 saturated heterocycles. The predicted octanol–water partition coefficient (Wildman–Crippen LogP) is 4.66. The van der Waals surface area contributed by atoms with E-state index in [1.165, 1.54) is 16.7 Å². The Hall–Kier alpha value is -0.830. The number of benzene rings is 2. The third-order valence-electron chi connectivity index (χ3n) is 3.62. The summed E-state index contributed by atoms with van der Waals surface area (Å²) in [4.78, 5) is 2.46. The van der Waals surface area contributed by atoms with Gasteiger partial charge in [0.2, 0.25) is 0 Å². The van der Waals surface area contributed by atoms with E-state index in [0.29, 0.717) is 0 Å². The smallest absolute Gasteiger partial charge is 0.0462 e. The number of hydrogen-bond acceptors (Lipinski definition) is 1. The van der Waals surface area contributed by atoms with E-state index >= 15 is 0 Å². The summed E-state index contributed by atoms with van der Waals surface area (Å²) in [6.45, 7) is 3.03. The molecule has 1 aliphatic rings. The summed E-state index contributed by atoms with van der Waals surface area (Å²) < 4.78 is 1.03. The molecule has 0 unspecified atom stereocenters. The van der Waals surface area contributed by atoms with Crippen LogP contribution in [0.15, 0.2) is 46.9 Å². The van der Waals surface area contributed by atoms with E-state index in [1.54, 1.807) is 0 Å². The highest BCUT2D eigenvalue weighted by atomic mass is 79.9. The molecule has 1 aliphatic heterocycles. The topological polar surface area (TPSA) is 3.24 Å². The molecular weight excluding hydrogens is 322 g/mol. The van der Waals surface area contributed by atoms with Crippen molar-refractivity contribution < 1.29 is 0 Å². The lowest BCUT2D eigenvalue weighted by Gasteiger charge is -2.29. The van der Waals surface area contributed by atoms with Gasteiger partial charge in [0.15, 0.2) is 0 Å². The lowest BCUT2D eigenvalue weighted by molar-refractivity contribution is 0.245. The average Bonchev–Trinajstić information content (AvgIpc) is 2.42. The van der Waals surface area contributed by atoms with Gasteiger partial charge in [-0.25, -0.2) is 0 Å². The third kappa shape index (κ3) is 3.02. The second-order valence-electron chi connectivity index (χ2n) is 4.97. The second kappa shape index (κ2) is 5.66. The summed E-state index contributed by atoms with van der Waals surface area (Å²) in [6.07, 6.45) is 1.13. The number of nitrogens with zero attached hydrogens (tertiary/aromatic N) is 1. The monoisotopic (exact) mass is 335 g/mol. The fourth-order valence-corrected chi connectivity index (χ4v) is 3.31. The molecule has 98 valence electrons. The van der Waals surface area contributed by atoms with Gasteiger partial charge in [-0.3, -0.25) is 4.90 Å². The fourth-order valence-electron chi connectivity index (χ4n) is 2.58. The molecule has 0 saturated carbocycles. The van der Waals surface area contributed by atoms with Crippen LogP contribution in [0.3, 0.4) is 0 Å². The molecule has 0 amide bonds. The lowest BCUT2D eigenvalue weighted by atomic mass is 9.99. The Kier molecular flexibility index (Phi) is 3.92. The van der Waals surface area contributed by atoms with Crippen LogP contribution < -0.4 is 0 Å². The SMILES string of the molecule is Clc1cc(Br)ccc1CN1CCc2ccccc2C1. The minimum Gasteiger partial charge on any atom is -0.294 e. The first-order valence-electron chi connectivity index (χ1n) is 6.45. The molecule has 1 heterocycles. The number of fused-ring (bicyclic) bond motifs is 1. The van der Waals surface area contributed by atoms with Crippen LogP contribution in [0, 0.1) is 0 Å². The molecule has 2 aromatic carbocycles.